The van der Waals surface area contributed by atoms with Gasteiger partial charge in [-0.15, -0.1) is 10.2 Å². The molecule has 0 radical (unpaired) electrons. The van der Waals surface area contributed by atoms with E-state index in [1.54, 1.807) is 24.3 Å². The number of amides is 1. The molecule has 1 amide bonds. The minimum Gasteiger partial charge on any atom is -0.495 e. The fourth-order valence-electron chi connectivity index (χ4n) is 3.10. The maximum Gasteiger partial charge on any atom is 0.276 e. The summed E-state index contributed by atoms with van der Waals surface area (Å²) in [4.78, 5) is 12.5. The molecule has 6 nitrogen and oxygen atoms in total. The smallest absolute Gasteiger partial charge is 0.276 e. The van der Waals surface area contributed by atoms with Gasteiger partial charge in [0.15, 0.2) is 5.69 Å². The Morgan fingerprint density at radius 3 is 2.62 bits per heavy atom. The van der Waals surface area contributed by atoms with E-state index in [2.05, 4.69) is 20.8 Å². The highest BCUT2D eigenvalue weighted by atomic mass is 35.5. The molecule has 0 atom stereocenters. The van der Waals surface area contributed by atoms with Gasteiger partial charge >= 0.3 is 0 Å². The first-order chi connectivity index (χ1) is 12.6. The molecule has 2 N–H and O–H groups in total. The van der Waals surface area contributed by atoms with Gasteiger partial charge in [0.05, 0.1) is 12.8 Å². The van der Waals surface area contributed by atoms with Crippen LogP contribution in [0, 0.1) is 6.92 Å². The number of carbonyl (C=O) groups is 1. The van der Waals surface area contributed by atoms with Crippen LogP contribution in [0.5, 0.6) is 5.75 Å². The summed E-state index contributed by atoms with van der Waals surface area (Å²) in [7, 11) is 1.53. The van der Waals surface area contributed by atoms with E-state index in [0.29, 0.717) is 28.3 Å². The maximum atomic E-state index is 12.5. The van der Waals surface area contributed by atoms with Crippen LogP contribution in [0.15, 0.2) is 24.3 Å². The van der Waals surface area contributed by atoms with Crippen molar-refractivity contribution in [1.82, 2.24) is 10.2 Å². The van der Waals surface area contributed by atoms with E-state index in [0.717, 1.165) is 18.4 Å². The van der Waals surface area contributed by atoms with Crippen molar-refractivity contribution in [2.45, 2.75) is 45.1 Å². The molecule has 1 aliphatic carbocycles. The third kappa shape index (κ3) is 4.43. The molecule has 1 aromatic heterocycles. The number of nitrogens with zero attached hydrogens (tertiary/aromatic N) is 2. The number of ether oxygens (including phenoxy) is 1. The van der Waals surface area contributed by atoms with Gasteiger partial charge in [0.1, 0.15) is 11.6 Å². The van der Waals surface area contributed by atoms with Crippen LogP contribution in [-0.2, 0) is 0 Å². The van der Waals surface area contributed by atoms with Crippen LogP contribution in [0.1, 0.15) is 48.2 Å². The topological polar surface area (TPSA) is 76.1 Å². The van der Waals surface area contributed by atoms with Crippen molar-refractivity contribution in [1.29, 1.82) is 0 Å². The van der Waals surface area contributed by atoms with E-state index in [-0.39, 0.29) is 11.6 Å². The lowest BCUT2D eigenvalue weighted by atomic mass is 9.95. The Hall–Kier alpha value is -2.34. The molecule has 0 aliphatic heterocycles. The Labute approximate surface area is 158 Å². The lowest BCUT2D eigenvalue weighted by Crippen LogP contribution is -2.23. The third-order valence-corrected chi connectivity index (χ3v) is 4.99. The van der Waals surface area contributed by atoms with E-state index in [1.807, 2.05) is 6.92 Å². The van der Waals surface area contributed by atoms with Crippen LogP contribution in [-0.4, -0.2) is 29.3 Å². The molecule has 26 heavy (non-hydrogen) atoms. The monoisotopic (exact) mass is 374 g/mol. The molecule has 1 aromatic carbocycles. The van der Waals surface area contributed by atoms with Crippen molar-refractivity contribution < 1.29 is 9.53 Å². The van der Waals surface area contributed by atoms with E-state index < -0.39 is 0 Å². The summed E-state index contributed by atoms with van der Waals surface area (Å²) in [6.07, 6.45) is 6.09. The number of aryl methyl sites for hydroxylation is 1. The zero-order valence-corrected chi connectivity index (χ0v) is 15.8. The Morgan fingerprint density at radius 1 is 1.19 bits per heavy atom. The third-order valence-electron chi connectivity index (χ3n) is 4.58. The number of methoxy groups -OCH3 is 1. The molecule has 2 aromatic rings. The molecule has 0 unspecified atom stereocenters. The van der Waals surface area contributed by atoms with Gasteiger partial charge in [-0.3, -0.25) is 4.79 Å². The number of benzene rings is 1. The van der Waals surface area contributed by atoms with Crippen molar-refractivity contribution in [3.8, 4) is 5.75 Å². The molecule has 7 heteroatoms. The predicted octanol–water partition coefficient (Wildman–Crippen LogP) is 4.44. The second kappa shape index (κ2) is 8.36. The number of nitrogens with one attached hydrogen (secondary N) is 2. The molecular weight excluding hydrogens is 352 g/mol. The summed E-state index contributed by atoms with van der Waals surface area (Å²) in [5.41, 5.74) is 1.64. The molecule has 1 saturated carbocycles. The molecule has 138 valence electrons. The molecule has 0 saturated heterocycles. The highest BCUT2D eigenvalue weighted by Gasteiger charge is 2.16. The second-order valence-corrected chi connectivity index (χ2v) is 6.95. The lowest BCUT2D eigenvalue weighted by Gasteiger charge is -2.22. The molecule has 1 aliphatic rings. The summed E-state index contributed by atoms with van der Waals surface area (Å²) in [5, 5.41) is 15.0. The minimum atomic E-state index is -0.346. The van der Waals surface area contributed by atoms with Gasteiger partial charge in [0.25, 0.3) is 5.91 Å². The number of hydrogen-bond acceptors (Lipinski definition) is 5. The number of rotatable bonds is 5. The standard InChI is InChI=1S/C19H23ClN4O2/c1-12-10-16(17(26-2)11-14(12)20)22-19(25)15-8-9-18(24-23-15)21-13-6-4-3-5-7-13/h8-11,13H,3-7H2,1-2H3,(H,21,24)(H,22,25). The van der Waals surface area contributed by atoms with Gasteiger partial charge in [-0.05, 0) is 43.5 Å². The summed E-state index contributed by atoms with van der Waals surface area (Å²) >= 11 is 6.09. The van der Waals surface area contributed by atoms with Gasteiger partial charge in [-0.25, -0.2) is 0 Å². The van der Waals surface area contributed by atoms with Crippen LogP contribution in [0.25, 0.3) is 0 Å². The first-order valence-corrected chi connectivity index (χ1v) is 9.20. The van der Waals surface area contributed by atoms with Crippen LogP contribution in [0.4, 0.5) is 11.5 Å². The SMILES string of the molecule is COc1cc(Cl)c(C)cc1NC(=O)c1ccc(NC2CCCCC2)nn1. The highest BCUT2D eigenvalue weighted by Crippen LogP contribution is 2.31. The Morgan fingerprint density at radius 2 is 1.96 bits per heavy atom. The maximum absolute atomic E-state index is 12.5. The zero-order valence-electron chi connectivity index (χ0n) is 15.0. The first kappa shape index (κ1) is 18.5. The van der Waals surface area contributed by atoms with Gasteiger partial charge in [0.2, 0.25) is 0 Å². The van der Waals surface area contributed by atoms with Crippen molar-refractivity contribution in [2.75, 3.05) is 17.7 Å². The van der Waals surface area contributed by atoms with E-state index >= 15 is 0 Å². The van der Waals surface area contributed by atoms with Crippen LogP contribution in [0.2, 0.25) is 5.02 Å². The summed E-state index contributed by atoms with van der Waals surface area (Å²) < 4.78 is 5.28. The van der Waals surface area contributed by atoms with Gasteiger partial charge in [-0.1, -0.05) is 30.9 Å². The zero-order chi connectivity index (χ0) is 18.5. The first-order valence-electron chi connectivity index (χ1n) is 8.82. The van der Waals surface area contributed by atoms with Crippen LogP contribution >= 0.6 is 11.6 Å². The number of aromatic nitrogens is 2. The quantitative estimate of drug-likeness (QED) is 0.808. The lowest BCUT2D eigenvalue weighted by molar-refractivity contribution is 0.102. The average Bonchev–Trinajstić information content (AvgIpc) is 2.66. The molecule has 3 rings (SSSR count). The summed E-state index contributed by atoms with van der Waals surface area (Å²) in [6.45, 7) is 1.86. The Kier molecular flexibility index (Phi) is 5.93. The van der Waals surface area contributed by atoms with E-state index in [9.17, 15) is 4.79 Å². The fraction of sp³-hybridized carbons (Fsp3) is 0.421. The summed E-state index contributed by atoms with van der Waals surface area (Å²) in [6, 6.07) is 7.35. The van der Waals surface area contributed by atoms with Crippen LogP contribution < -0.4 is 15.4 Å². The minimum absolute atomic E-state index is 0.244. The van der Waals surface area contributed by atoms with Crippen LogP contribution in [0.3, 0.4) is 0 Å². The van der Waals surface area contributed by atoms with Gasteiger partial charge in [0, 0.05) is 17.1 Å². The number of halogens is 1. The Bertz CT molecular complexity index is 774. The highest BCUT2D eigenvalue weighted by molar-refractivity contribution is 6.31. The van der Waals surface area contributed by atoms with Gasteiger partial charge in [-0.2, -0.15) is 0 Å². The molecular formula is C19H23ClN4O2. The van der Waals surface area contributed by atoms with Crippen molar-refractivity contribution in [2.24, 2.45) is 0 Å². The number of anilines is 2. The fourth-order valence-corrected chi connectivity index (χ4v) is 3.26. The number of carbonyl (C=O) groups excluding carboxylic acids is 1. The van der Waals surface area contributed by atoms with Gasteiger partial charge < -0.3 is 15.4 Å². The van der Waals surface area contributed by atoms with Crippen molar-refractivity contribution >= 4 is 29.0 Å². The molecule has 1 fully saturated rings. The molecule has 0 spiro atoms. The molecule has 0 bridgehead atoms. The van der Waals surface area contributed by atoms with Crippen molar-refractivity contribution in [3.05, 3.63) is 40.5 Å². The summed E-state index contributed by atoms with van der Waals surface area (Å²) in [5.74, 6) is 0.854. The van der Waals surface area contributed by atoms with Crippen molar-refractivity contribution in [3.63, 3.8) is 0 Å². The largest absolute Gasteiger partial charge is 0.495 e. The van der Waals surface area contributed by atoms with E-state index in [1.165, 1.54) is 26.4 Å². The molecule has 1 heterocycles. The normalized spacial score (nSPS) is 14.7. The predicted molar refractivity (Wildman–Crippen MR) is 103 cm³/mol. The average molecular weight is 375 g/mol. The second-order valence-electron chi connectivity index (χ2n) is 6.54. The van der Waals surface area contributed by atoms with E-state index in [4.69, 9.17) is 16.3 Å². The number of hydrogen-bond donors (Lipinski definition) is 2. The Balaban J connectivity index is 1.67.